The number of fused-ring (bicyclic) bond motifs is 1. The van der Waals surface area contributed by atoms with Gasteiger partial charge in [-0.1, -0.05) is 6.07 Å². The van der Waals surface area contributed by atoms with E-state index in [1.54, 1.807) is 12.1 Å². The van der Waals surface area contributed by atoms with E-state index in [0.29, 0.717) is 11.1 Å². The van der Waals surface area contributed by atoms with Gasteiger partial charge in [-0.3, -0.25) is 25.1 Å². The molecule has 0 unspecified atom stereocenters. The largest absolute Gasteiger partial charge is 0.440 e. The Hall–Kier alpha value is -3.74. The van der Waals surface area contributed by atoms with Gasteiger partial charge in [0.05, 0.1) is 6.54 Å². The van der Waals surface area contributed by atoms with Crippen LogP contribution in [0, 0.1) is 5.41 Å². The molecule has 2 aromatic rings. The summed E-state index contributed by atoms with van der Waals surface area (Å²) in [5.41, 5.74) is 1.46. The van der Waals surface area contributed by atoms with Gasteiger partial charge in [0.15, 0.2) is 12.4 Å². The number of alkyl halides is 3. The molecule has 0 aromatic carbocycles. The van der Waals surface area contributed by atoms with Crippen LogP contribution in [0.25, 0.3) is 0 Å². The van der Waals surface area contributed by atoms with Crippen molar-refractivity contribution in [1.82, 2.24) is 19.9 Å². The highest BCUT2D eigenvalue weighted by molar-refractivity contribution is 6.03. The third kappa shape index (κ3) is 5.94. The van der Waals surface area contributed by atoms with Crippen molar-refractivity contribution in [2.45, 2.75) is 39.2 Å². The minimum absolute atomic E-state index is 0.0126. The highest BCUT2D eigenvalue weighted by Crippen LogP contribution is 2.24. The predicted molar refractivity (Wildman–Crippen MR) is 111 cm³/mol. The summed E-state index contributed by atoms with van der Waals surface area (Å²) in [6.07, 6.45) is -4.33. The van der Waals surface area contributed by atoms with Gasteiger partial charge in [0.25, 0.3) is 5.91 Å². The topological polar surface area (TPSA) is 138 Å². The first kappa shape index (κ1) is 23.9. The smallest absolute Gasteiger partial charge is 0.422 e. The molecule has 3 rings (SSSR count). The van der Waals surface area contributed by atoms with Crippen molar-refractivity contribution >= 4 is 23.7 Å². The Bertz CT molecular complexity index is 1080. The van der Waals surface area contributed by atoms with Crippen molar-refractivity contribution < 1.29 is 27.5 Å². The van der Waals surface area contributed by atoms with Crippen LogP contribution >= 0.6 is 0 Å². The van der Waals surface area contributed by atoms with E-state index in [-0.39, 0.29) is 42.2 Å². The number of anilines is 1. The molecule has 0 radical (unpaired) electrons. The summed E-state index contributed by atoms with van der Waals surface area (Å²) >= 11 is 0. The Labute approximate surface area is 187 Å². The lowest BCUT2D eigenvalue weighted by atomic mass is 10.1. The second kappa shape index (κ2) is 9.40. The van der Waals surface area contributed by atoms with Crippen molar-refractivity contribution in [3.8, 4) is 0 Å². The molecular formula is C20H22F3N7O3. The summed E-state index contributed by atoms with van der Waals surface area (Å²) in [7, 11) is 0. The van der Waals surface area contributed by atoms with Crippen LogP contribution in [0.4, 0.5) is 23.8 Å². The van der Waals surface area contributed by atoms with Gasteiger partial charge in [0.2, 0.25) is 0 Å². The van der Waals surface area contributed by atoms with E-state index < -0.39 is 24.8 Å². The van der Waals surface area contributed by atoms with Crippen molar-refractivity contribution in [3.05, 3.63) is 53.0 Å². The van der Waals surface area contributed by atoms with Crippen molar-refractivity contribution in [1.29, 1.82) is 5.41 Å². The quantitative estimate of drug-likeness (QED) is 0.267. The van der Waals surface area contributed by atoms with Crippen LogP contribution in [0.2, 0.25) is 0 Å². The van der Waals surface area contributed by atoms with E-state index in [0.717, 1.165) is 4.90 Å². The van der Waals surface area contributed by atoms with Crippen molar-refractivity contribution in [2.24, 2.45) is 5.84 Å². The van der Waals surface area contributed by atoms with Crippen molar-refractivity contribution in [3.63, 3.8) is 0 Å². The lowest BCUT2D eigenvalue weighted by molar-refractivity contribution is -0.162. The fraction of sp³-hybridized carbons (Fsp3) is 0.350. The SMILES string of the molecule is CC(C)N(N)C(=N)c1cccc(NC(=O)c2cc3c(cn2)CN(C(=O)OCC(F)(F)F)C3)n1. The lowest BCUT2D eigenvalue weighted by Gasteiger charge is -2.23. The number of nitrogens with one attached hydrogen (secondary N) is 2. The summed E-state index contributed by atoms with van der Waals surface area (Å²) in [4.78, 5) is 33.9. The van der Waals surface area contributed by atoms with Crippen LogP contribution in [0.1, 0.15) is 41.2 Å². The summed E-state index contributed by atoms with van der Waals surface area (Å²) in [5.74, 6) is 5.42. The first-order valence-electron chi connectivity index (χ1n) is 9.82. The van der Waals surface area contributed by atoms with E-state index >= 15 is 0 Å². The molecule has 0 bridgehead atoms. The fourth-order valence-electron chi connectivity index (χ4n) is 2.98. The maximum atomic E-state index is 12.6. The summed E-state index contributed by atoms with van der Waals surface area (Å²) < 4.78 is 41.0. The molecule has 3 heterocycles. The van der Waals surface area contributed by atoms with E-state index in [1.165, 1.54) is 23.3 Å². The van der Waals surface area contributed by atoms with Gasteiger partial charge in [-0.25, -0.2) is 15.6 Å². The van der Waals surface area contributed by atoms with Crippen LogP contribution in [0.15, 0.2) is 30.5 Å². The summed E-state index contributed by atoms with van der Waals surface area (Å²) in [5, 5.41) is 11.9. The zero-order valence-electron chi connectivity index (χ0n) is 17.8. The summed E-state index contributed by atoms with van der Waals surface area (Å²) in [6, 6.07) is 6.06. The predicted octanol–water partition coefficient (Wildman–Crippen LogP) is 2.65. The molecule has 4 N–H and O–H groups in total. The first-order valence-corrected chi connectivity index (χ1v) is 9.82. The third-order valence-corrected chi connectivity index (χ3v) is 4.70. The number of carbonyl (C=O) groups is 2. The van der Waals surface area contributed by atoms with E-state index in [9.17, 15) is 22.8 Å². The van der Waals surface area contributed by atoms with E-state index in [2.05, 4.69) is 20.0 Å². The van der Waals surface area contributed by atoms with Crippen LogP contribution in [0.3, 0.4) is 0 Å². The van der Waals surface area contributed by atoms with Crippen LogP contribution in [-0.2, 0) is 17.8 Å². The molecule has 0 spiro atoms. The molecule has 13 heteroatoms. The number of ether oxygens (including phenoxy) is 1. The molecule has 0 saturated carbocycles. The number of hydrazine groups is 1. The second-order valence-electron chi connectivity index (χ2n) is 7.58. The maximum absolute atomic E-state index is 12.6. The van der Waals surface area contributed by atoms with Crippen molar-refractivity contribution in [2.75, 3.05) is 11.9 Å². The maximum Gasteiger partial charge on any atom is 0.422 e. The molecule has 2 amide bonds. The molecule has 0 aliphatic carbocycles. The van der Waals surface area contributed by atoms with Crippen LogP contribution < -0.4 is 11.2 Å². The fourth-order valence-corrected chi connectivity index (χ4v) is 2.98. The minimum atomic E-state index is -4.61. The Morgan fingerprint density at radius 1 is 1.27 bits per heavy atom. The van der Waals surface area contributed by atoms with E-state index in [1.807, 2.05) is 13.8 Å². The highest BCUT2D eigenvalue weighted by atomic mass is 19.4. The van der Waals surface area contributed by atoms with Gasteiger partial charge in [-0.15, -0.1) is 0 Å². The van der Waals surface area contributed by atoms with Gasteiger partial charge >= 0.3 is 12.3 Å². The van der Waals surface area contributed by atoms with Gasteiger partial charge < -0.3 is 10.1 Å². The second-order valence-corrected chi connectivity index (χ2v) is 7.58. The monoisotopic (exact) mass is 465 g/mol. The Morgan fingerprint density at radius 3 is 2.64 bits per heavy atom. The molecule has 33 heavy (non-hydrogen) atoms. The number of nitrogens with two attached hydrogens (primary N) is 1. The van der Waals surface area contributed by atoms with Gasteiger partial charge in [0.1, 0.15) is 17.2 Å². The van der Waals surface area contributed by atoms with Gasteiger partial charge in [-0.05, 0) is 43.2 Å². The number of hydrogen-bond acceptors (Lipinski definition) is 7. The summed E-state index contributed by atoms with van der Waals surface area (Å²) in [6.45, 7) is 1.97. The number of amidine groups is 1. The Morgan fingerprint density at radius 2 is 1.97 bits per heavy atom. The molecule has 0 atom stereocenters. The number of rotatable bonds is 5. The molecule has 10 nitrogen and oxygen atoms in total. The molecule has 1 aliphatic rings. The molecule has 2 aromatic heterocycles. The normalized spacial score (nSPS) is 13.0. The zero-order chi connectivity index (χ0) is 24.3. The highest BCUT2D eigenvalue weighted by Gasteiger charge is 2.32. The third-order valence-electron chi connectivity index (χ3n) is 4.70. The number of pyridine rings is 2. The number of aromatic nitrogens is 2. The molecular weight excluding hydrogens is 443 g/mol. The minimum Gasteiger partial charge on any atom is -0.440 e. The molecule has 1 aliphatic heterocycles. The Balaban J connectivity index is 1.66. The van der Waals surface area contributed by atoms with Gasteiger partial charge in [-0.2, -0.15) is 13.2 Å². The number of carbonyl (C=O) groups excluding carboxylic acids is 2. The average molecular weight is 465 g/mol. The van der Waals surface area contributed by atoms with E-state index in [4.69, 9.17) is 11.3 Å². The molecule has 0 saturated heterocycles. The van der Waals surface area contributed by atoms with Gasteiger partial charge in [0, 0.05) is 18.8 Å². The van der Waals surface area contributed by atoms with Crippen LogP contribution in [-0.4, -0.2) is 56.5 Å². The number of halogens is 3. The number of amides is 2. The Kier molecular flexibility index (Phi) is 6.81. The standard InChI is InChI=1S/C20H22F3N7O3/c1-11(2)30(25)17(24)14-4-3-5-16(27-14)28-18(31)15-6-12-8-29(9-13(12)7-26-15)19(32)33-10-20(21,22)23/h3-7,11,24H,8-10,25H2,1-2H3,(H,27,28,31). The van der Waals surface area contributed by atoms with Crippen LogP contribution in [0.5, 0.6) is 0 Å². The number of nitrogens with zero attached hydrogens (tertiary/aromatic N) is 4. The molecule has 0 fully saturated rings. The first-order chi connectivity index (χ1) is 15.4. The average Bonchev–Trinajstić information content (AvgIpc) is 3.19. The molecule has 176 valence electrons. The zero-order valence-corrected chi connectivity index (χ0v) is 17.8. The lowest BCUT2D eigenvalue weighted by Crippen LogP contribution is -2.43. The number of hydrogen-bond donors (Lipinski definition) is 3.